The van der Waals surface area contributed by atoms with E-state index in [0.717, 1.165) is 0 Å². The van der Waals surface area contributed by atoms with Gasteiger partial charge in [-0.05, 0) is 18.6 Å². The molecular formula is C13H20N2O4. The van der Waals surface area contributed by atoms with Crippen molar-refractivity contribution in [2.45, 2.75) is 6.42 Å². The number of ether oxygens (including phenoxy) is 2. The van der Waals surface area contributed by atoms with Crippen LogP contribution >= 0.6 is 0 Å². The van der Waals surface area contributed by atoms with Crippen LogP contribution in [0, 0.1) is 0 Å². The molecule has 1 rings (SSSR count). The summed E-state index contributed by atoms with van der Waals surface area (Å²) in [7, 11) is 1.48. The van der Waals surface area contributed by atoms with E-state index in [9.17, 15) is 4.79 Å². The van der Waals surface area contributed by atoms with Crippen LogP contribution < -0.4 is 15.8 Å². The molecule has 0 aromatic heterocycles. The van der Waals surface area contributed by atoms with Gasteiger partial charge in [0.15, 0.2) is 5.75 Å². The highest BCUT2D eigenvalue weighted by Gasteiger charge is 2.13. The molecule has 0 aliphatic carbocycles. The summed E-state index contributed by atoms with van der Waals surface area (Å²) in [4.78, 5) is 11.9. The summed E-state index contributed by atoms with van der Waals surface area (Å²) >= 11 is 0. The normalized spacial score (nSPS) is 10.2. The molecule has 0 unspecified atom stereocenters. The second-order valence-electron chi connectivity index (χ2n) is 3.87. The molecule has 1 aromatic rings. The van der Waals surface area contributed by atoms with Gasteiger partial charge in [0.1, 0.15) is 0 Å². The zero-order valence-corrected chi connectivity index (χ0v) is 11.0. The Hall–Kier alpha value is -1.79. The van der Waals surface area contributed by atoms with Gasteiger partial charge in [-0.15, -0.1) is 0 Å². The highest BCUT2D eigenvalue weighted by Crippen LogP contribution is 2.25. The van der Waals surface area contributed by atoms with Crippen molar-refractivity contribution in [3.05, 3.63) is 23.8 Å². The molecule has 19 heavy (non-hydrogen) atoms. The molecule has 0 heterocycles. The van der Waals surface area contributed by atoms with E-state index in [-0.39, 0.29) is 12.5 Å². The summed E-state index contributed by atoms with van der Waals surface area (Å²) < 4.78 is 10.2. The first-order valence-electron chi connectivity index (χ1n) is 6.10. The second-order valence-corrected chi connectivity index (χ2v) is 3.87. The molecule has 0 atom stereocenters. The van der Waals surface area contributed by atoms with Crippen molar-refractivity contribution in [2.24, 2.45) is 0 Å². The maximum absolute atomic E-state index is 11.9. The molecule has 1 amide bonds. The Kier molecular flexibility index (Phi) is 6.70. The van der Waals surface area contributed by atoms with Crippen molar-refractivity contribution in [3.8, 4) is 5.75 Å². The Labute approximate surface area is 112 Å². The molecule has 0 fully saturated rings. The molecule has 0 saturated carbocycles. The van der Waals surface area contributed by atoms with Crippen molar-refractivity contribution in [2.75, 3.05) is 39.2 Å². The van der Waals surface area contributed by atoms with Crippen LogP contribution in [0.4, 0.5) is 5.69 Å². The number of nitrogens with two attached hydrogens (primary N) is 1. The maximum Gasteiger partial charge on any atom is 0.255 e. The zero-order valence-electron chi connectivity index (χ0n) is 11.0. The minimum atomic E-state index is -0.230. The van der Waals surface area contributed by atoms with E-state index in [4.69, 9.17) is 20.3 Å². The SMILES string of the molecule is COc1c(N)cccc1C(=O)NCCCOCCO. The number of nitrogens with one attached hydrogen (secondary N) is 1. The van der Waals surface area contributed by atoms with Crippen LogP contribution in [0.5, 0.6) is 5.75 Å². The summed E-state index contributed by atoms with van der Waals surface area (Å²) in [6.07, 6.45) is 0.677. The Morgan fingerprint density at radius 1 is 1.42 bits per heavy atom. The average molecular weight is 268 g/mol. The Bertz CT molecular complexity index is 410. The largest absolute Gasteiger partial charge is 0.494 e. The van der Waals surface area contributed by atoms with E-state index < -0.39 is 0 Å². The van der Waals surface area contributed by atoms with Gasteiger partial charge in [-0.2, -0.15) is 0 Å². The van der Waals surface area contributed by atoms with E-state index in [1.54, 1.807) is 18.2 Å². The molecule has 6 nitrogen and oxygen atoms in total. The molecule has 1 aromatic carbocycles. The van der Waals surface area contributed by atoms with Gasteiger partial charge in [0, 0.05) is 13.2 Å². The van der Waals surface area contributed by atoms with Crippen LogP contribution in [0.25, 0.3) is 0 Å². The first kappa shape index (κ1) is 15.3. The number of aliphatic hydroxyl groups is 1. The lowest BCUT2D eigenvalue weighted by Gasteiger charge is -2.11. The number of carbonyl (C=O) groups is 1. The van der Waals surface area contributed by atoms with Gasteiger partial charge >= 0.3 is 0 Å². The number of methoxy groups -OCH3 is 1. The van der Waals surface area contributed by atoms with Crippen molar-refractivity contribution < 1.29 is 19.4 Å². The third-order valence-corrected chi connectivity index (χ3v) is 2.48. The van der Waals surface area contributed by atoms with Crippen LogP contribution in [-0.4, -0.2) is 44.5 Å². The number of hydrogen-bond acceptors (Lipinski definition) is 5. The number of amides is 1. The van der Waals surface area contributed by atoms with Gasteiger partial charge in [0.2, 0.25) is 0 Å². The average Bonchev–Trinajstić information content (AvgIpc) is 2.42. The number of anilines is 1. The second kappa shape index (κ2) is 8.34. The van der Waals surface area contributed by atoms with Crippen molar-refractivity contribution in [1.29, 1.82) is 0 Å². The molecule has 4 N–H and O–H groups in total. The third-order valence-electron chi connectivity index (χ3n) is 2.48. The standard InChI is InChI=1S/C13H20N2O4/c1-18-12-10(4-2-5-11(12)14)13(17)15-6-3-8-19-9-7-16/h2,4-5,16H,3,6-9,14H2,1H3,(H,15,17). The van der Waals surface area contributed by atoms with E-state index in [0.29, 0.717) is 43.2 Å². The van der Waals surface area contributed by atoms with Gasteiger partial charge in [-0.3, -0.25) is 4.79 Å². The van der Waals surface area contributed by atoms with Crippen LogP contribution in [0.2, 0.25) is 0 Å². The molecule has 0 radical (unpaired) electrons. The highest BCUT2D eigenvalue weighted by molar-refractivity contribution is 5.98. The quantitative estimate of drug-likeness (QED) is 0.469. The molecule has 0 saturated heterocycles. The van der Waals surface area contributed by atoms with Crippen LogP contribution in [0.1, 0.15) is 16.8 Å². The molecule has 0 aliphatic heterocycles. The first-order chi connectivity index (χ1) is 9.20. The van der Waals surface area contributed by atoms with Crippen LogP contribution in [-0.2, 0) is 4.74 Å². The summed E-state index contributed by atoms with van der Waals surface area (Å²) in [5.74, 6) is 0.155. The van der Waals surface area contributed by atoms with Gasteiger partial charge in [-0.1, -0.05) is 6.07 Å². The number of hydrogen-bond donors (Lipinski definition) is 3. The topological polar surface area (TPSA) is 93.8 Å². The third kappa shape index (κ3) is 4.76. The fraction of sp³-hybridized carbons (Fsp3) is 0.462. The summed E-state index contributed by atoms with van der Waals surface area (Å²) in [6, 6.07) is 5.04. The van der Waals surface area contributed by atoms with Crippen molar-refractivity contribution >= 4 is 11.6 Å². The number of benzene rings is 1. The number of carbonyl (C=O) groups excluding carboxylic acids is 1. The van der Waals surface area contributed by atoms with Crippen molar-refractivity contribution in [1.82, 2.24) is 5.32 Å². The number of aliphatic hydroxyl groups excluding tert-OH is 1. The molecular weight excluding hydrogens is 248 g/mol. The van der Waals surface area contributed by atoms with Gasteiger partial charge in [-0.25, -0.2) is 0 Å². The lowest BCUT2D eigenvalue weighted by Crippen LogP contribution is -2.26. The molecule has 106 valence electrons. The summed E-state index contributed by atoms with van der Waals surface area (Å²) in [6.45, 7) is 1.31. The predicted molar refractivity (Wildman–Crippen MR) is 72.3 cm³/mol. The monoisotopic (exact) mass is 268 g/mol. The van der Waals surface area contributed by atoms with Crippen molar-refractivity contribution in [3.63, 3.8) is 0 Å². The molecule has 6 heteroatoms. The van der Waals surface area contributed by atoms with E-state index >= 15 is 0 Å². The van der Waals surface area contributed by atoms with Gasteiger partial charge < -0.3 is 25.6 Å². The maximum atomic E-state index is 11.9. The van der Waals surface area contributed by atoms with Crippen LogP contribution in [0.15, 0.2) is 18.2 Å². The molecule has 0 bridgehead atoms. The number of nitrogen functional groups attached to an aromatic ring is 1. The zero-order chi connectivity index (χ0) is 14.1. The summed E-state index contributed by atoms with van der Waals surface area (Å²) in [5.41, 5.74) is 6.58. The van der Waals surface area contributed by atoms with E-state index in [1.807, 2.05) is 0 Å². The summed E-state index contributed by atoms with van der Waals surface area (Å²) in [5, 5.41) is 11.3. The highest BCUT2D eigenvalue weighted by atomic mass is 16.5. The smallest absolute Gasteiger partial charge is 0.255 e. The Morgan fingerprint density at radius 3 is 2.89 bits per heavy atom. The fourth-order valence-electron chi connectivity index (χ4n) is 1.60. The minimum Gasteiger partial charge on any atom is -0.494 e. The molecule has 0 aliphatic rings. The van der Waals surface area contributed by atoms with E-state index in [1.165, 1.54) is 7.11 Å². The lowest BCUT2D eigenvalue weighted by molar-refractivity contribution is 0.0866. The molecule has 0 spiro atoms. The van der Waals surface area contributed by atoms with Gasteiger partial charge in [0.25, 0.3) is 5.91 Å². The number of rotatable bonds is 8. The Balaban J connectivity index is 2.43. The Morgan fingerprint density at radius 2 is 2.21 bits per heavy atom. The minimum absolute atomic E-state index is 0.00680. The first-order valence-corrected chi connectivity index (χ1v) is 6.10. The predicted octanol–water partition coefficient (Wildman–Crippen LogP) is 0.406. The van der Waals surface area contributed by atoms with Crippen LogP contribution in [0.3, 0.4) is 0 Å². The fourth-order valence-corrected chi connectivity index (χ4v) is 1.60. The number of para-hydroxylation sites is 1. The lowest BCUT2D eigenvalue weighted by atomic mass is 10.1. The van der Waals surface area contributed by atoms with E-state index in [2.05, 4.69) is 5.32 Å². The van der Waals surface area contributed by atoms with Gasteiger partial charge in [0.05, 0.1) is 31.6 Å².